The van der Waals surface area contributed by atoms with Crippen molar-refractivity contribution in [3.05, 3.63) is 77.9 Å². The molecule has 2 N–H and O–H groups in total. The fraction of sp³-hybridized carbons (Fsp3) is 0.286. The highest BCUT2D eigenvalue weighted by atomic mass is 127. The molecule has 1 heterocycles. The molecule has 0 spiro atoms. The topological polar surface area (TPSA) is 76.4 Å². The molecule has 0 fully saturated rings. The van der Waals surface area contributed by atoms with E-state index in [0.29, 0.717) is 24.6 Å². The van der Waals surface area contributed by atoms with Crippen LogP contribution in [-0.4, -0.2) is 40.6 Å². The highest BCUT2D eigenvalue weighted by Gasteiger charge is 2.27. The van der Waals surface area contributed by atoms with Crippen molar-refractivity contribution in [2.75, 3.05) is 13.7 Å². The molecule has 11 heteroatoms. The molecule has 0 amide bonds. The third kappa shape index (κ3) is 8.11. The molecule has 0 bridgehead atoms. The summed E-state index contributed by atoms with van der Waals surface area (Å²) < 4.78 is 43.0. The molecule has 0 saturated carbocycles. The van der Waals surface area contributed by atoms with Crippen LogP contribution in [0, 0.1) is 0 Å². The van der Waals surface area contributed by atoms with Gasteiger partial charge in [-0.3, -0.25) is 9.56 Å². The average Bonchev–Trinajstić information content (AvgIpc) is 3.23. The monoisotopic (exact) mass is 560 g/mol. The van der Waals surface area contributed by atoms with Crippen molar-refractivity contribution in [2.45, 2.75) is 25.9 Å². The average molecular weight is 560 g/mol. The lowest BCUT2D eigenvalue weighted by atomic mass is 10.1. The number of halogens is 4. The number of nitrogens with one attached hydrogen (secondary N) is 2. The number of rotatable bonds is 8. The van der Waals surface area contributed by atoms with E-state index in [4.69, 9.17) is 0 Å². The number of para-hydroxylation sites is 1. The van der Waals surface area contributed by atoms with Crippen LogP contribution in [0.15, 0.2) is 65.9 Å². The van der Waals surface area contributed by atoms with E-state index in [-0.39, 0.29) is 30.6 Å². The zero-order chi connectivity index (χ0) is 22.1. The summed E-state index contributed by atoms with van der Waals surface area (Å²) in [6, 6.07) is 16.9. The first-order valence-electron chi connectivity index (χ1n) is 9.56. The Labute approximate surface area is 201 Å². The van der Waals surface area contributed by atoms with E-state index in [1.807, 2.05) is 47.0 Å². The number of nitrogens with zero attached hydrogens (tertiary/aromatic N) is 4. The molecule has 0 radical (unpaired) electrons. The Morgan fingerprint density at radius 3 is 2.31 bits per heavy atom. The quantitative estimate of drug-likeness (QED) is 0.249. The smallest absolute Gasteiger partial charge is 0.367 e. The maximum absolute atomic E-state index is 12.1. The van der Waals surface area contributed by atoms with Crippen LogP contribution in [0.25, 0.3) is 5.69 Å². The fourth-order valence-electron chi connectivity index (χ4n) is 2.79. The maximum Gasteiger partial charge on any atom is 0.411 e. The predicted molar refractivity (Wildman–Crippen MR) is 126 cm³/mol. The van der Waals surface area contributed by atoms with Crippen LogP contribution in [0.2, 0.25) is 0 Å². The highest BCUT2D eigenvalue weighted by molar-refractivity contribution is 14.0. The Morgan fingerprint density at radius 1 is 1.00 bits per heavy atom. The summed E-state index contributed by atoms with van der Waals surface area (Å²) >= 11 is 0. The summed E-state index contributed by atoms with van der Waals surface area (Å²) in [5.74, 6) is 1.32. The van der Waals surface area contributed by atoms with E-state index >= 15 is 0 Å². The van der Waals surface area contributed by atoms with Crippen molar-refractivity contribution >= 4 is 29.9 Å². The van der Waals surface area contributed by atoms with Crippen LogP contribution < -0.4 is 10.6 Å². The van der Waals surface area contributed by atoms with Gasteiger partial charge in [0.2, 0.25) is 0 Å². The number of aliphatic imine (C=N–C) groups is 1. The van der Waals surface area contributed by atoms with Crippen LogP contribution in [-0.2, 0) is 24.4 Å². The van der Waals surface area contributed by atoms with Crippen LogP contribution in [0.5, 0.6) is 0 Å². The molecule has 0 saturated heterocycles. The number of alkyl halides is 3. The third-order valence-electron chi connectivity index (χ3n) is 4.31. The lowest BCUT2D eigenvalue weighted by Crippen LogP contribution is -2.36. The molecule has 7 nitrogen and oxygen atoms in total. The summed E-state index contributed by atoms with van der Waals surface area (Å²) in [6.45, 7) is -0.423. The maximum atomic E-state index is 12.1. The van der Waals surface area contributed by atoms with Gasteiger partial charge in [-0.05, 0) is 23.3 Å². The van der Waals surface area contributed by atoms with Crippen LogP contribution in [0.1, 0.15) is 17.0 Å². The second-order valence-corrected chi connectivity index (χ2v) is 6.66. The van der Waals surface area contributed by atoms with Gasteiger partial charge in [0.15, 0.2) is 11.8 Å². The SMILES string of the molecule is CN=C(NCc1ccc(COCC(F)(F)F)cc1)NCc1nncn1-c1ccccc1.I. The number of hydrogen-bond donors (Lipinski definition) is 2. The van der Waals surface area contributed by atoms with Gasteiger partial charge in [-0.2, -0.15) is 13.2 Å². The number of hydrogen-bond acceptors (Lipinski definition) is 4. The molecule has 3 aromatic rings. The minimum atomic E-state index is -4.32. The molecule has 0 unspecified atom stereocenters. The summed E-state index contributed by atoms with van der Waals surface area (Å²) in [6.07, 6.45) is -2.66. The molecule has 1 aromatic heterocycles. The van der Waals surface area contributed by atoms with E-state index in [1.165, 1.54) is 0 Å². The standard InChI is InChI=1S/C21H23F3N6O.HI/c1-25-20(27-12-19-29-28-15-30(19)18-5-3-2-4-6-18)26-11-16-7-9-17(10-8-16)13-31-14-21(22,23)24;/h2-10,15H,11-14H2,1H3,(H2,25,26,27);1H. The lowest BCUT2D eigenvalue weighted by molar-refractivity contribution is -0.176. The van der Waals surface area contributed by atoms with Gasteiger partial charge >= 0.3 is 6.18 Å². The van der Waals surface area contributed by atoms with Gasteiger partial charge in [0, 0.05) is 19.3 Å². The van der Waals surface area contributed by atoms with Gasteiger partial charge in [0.05, 0.1) is 13.2 Å². The van der Waals surface area contributed by atoms with Gasteiger partial charge in [-0.25, -0.2) is 0 Å². The first kappa shape index (κ1) is 25.6. The molecule has 0 aliphatic rings. The fourth-order valence-corrected chi connectivity index (χ4v) is 2.79. The number of aromatic nitrogens is 3. The van der Waals surface area contributed by atoms with Gasteiger partial charge in [-0.1, -0.05) is 42.5 Å². The molecule has 172 valence electrons. The van der Waals surface area contributed by atoms with Crippen molar-refractivity contribution in [2.24, 2.45) is 4.99 Å². The Hall–Kier alpha value is -2.67. The van der Waals surface area contributed by atoms with E-state index < -0.39 is 12.8 Å². The van der Waals surface area contributed by atoms with Gasteiger partial charge in [0.1, 0.15) is 12.9 Å². The Kier molecular flexibility index (Phi) is 9.91. The minimum Gasteiger partial charge on any atom is -0.367 e. The molecule has 0 aliphatic heterocycles. The molecule has 2 aromatic carbocycles. The first-order valence-corrected chi connectivity index (χ1v) is 9.56. The molecule has 0 aliphatic carbocycles. The zero-order valence-electron chi connectivity index (χ0n) is 17.3. The zero-order valence-corrected chi connectivity index (χ0v) is 19.7. The van der Waals surface area contributed by atoms with Gasteiger partial charge < -0.3 is 15.4 Å². The Bertz CT molecular complexity index is 977. The largest absolute Gasteiger partial charge is 0.411 e. The summed E-state index contributed by atoms with van der Waals surface area (Å²) in [7, 11) is 1.67. The van der Waals surface area contributed by atoms with E-state index in [9.17, 15) is 13.2 Å². The van der Waals surface area contributed by atoms with Gasteiger partial charge in [0.25, 0.3) is 0 Å². The van der Waals surface area contributed by atoms with Crippen molar-refractivity contribution in [3.63, 3.8) is 0 Å². The van der Waals surface area contributed by atoms with E-state index in [1.54, 1.807) is 25.5 Å². The van der Waals surface area contributed by atoms with Crippen molar-refractivity contribution in [1.82, 2.24) is 25.4 Å². The normalized spacial score (nSPS) is 11.7. The second-order valence-electron chi connectivity index (χ2n) is 6.66. The number of guanidine groups is 1. The Morgan fingerprint density at radius 2 is 1.66 bits per heavy atom. The van der Waals surface area contributed by atoms with Crippen molar-refractivity contribution < 1.29 is 17.9 Å². The second kappa shape index (κ2) is 12.4. The lowest BCUT2D eigenvalue weighted by Gasteiger charge is -2.13. The summed E-state index contributed by atoms with van der Waals surface area (Å²) in [5, 5.41) is 14.5. The summed E-state index contributed by atoms with van der Waals surface area (Å²) in [4.78, 5) is 4.20. The molecule has 32 heavy (non-hydrogen) atoms. The molecule has 0 atom stereocenters. The molecule has 3 rings (SSSR count). The summed E-state index contributed by atoms with van der Waals surface area (Å²) in [5.41, 5.74) is 2.59. The highest BCUT2D eigenvalue weighted by Crippen LogP contribution is 2.16. The number of benzene rings is 2. The van der Waals surface area contributed by atoms with Crippen LogP contribution in [0.3, 0.4) is 0 Å². The third-order valence-corrected chi connectivity index (χ3v) is 4.31. The van der Waals surface area contributed by atoms with Crippen LogP contribution in [0.4, 0.5) is 13.2 Å². The number of ether oxygens (including phenoxy) is 1. The van der Waals surface area contributed by atoms with Crippen molar-refractivity contribution in [3.8, 4) is 5.69 Å². The predicted octanol–water partition coefficient (Wildman–Crippen LogP) is 3.83. The molecular weight excluding hydrogens is 536 g/mol. The minimum absolute atomic E-state index is 0. The Balaban J connectivity index is 0.00000363. The van der Waals surface area contributed by atoms with E-state index in [2.05, 4.69) is 30.6 Å². The first-order chi connectivity index (χ1) is 14.9. The van der Waals surface area contributed by atoms with Crippen LogP contribution >= 0.6 is 24.0 Å². The van der Waals surface area contributed by atoms with Gasteiger partial charge in [-0.15, -0.1) is 34.2 Å². The van der Waals surface area contributed by atoms with Crippen molar-refractivity contribution in [1.29, 1.82) is 0 Å². The van der Waals surface area contributed by atoms with E-state index in [0.717, 1.165) is 17.1 Å². The molecular formula is C21H24F3IN6O.